The largest absolute Gasteiger partial charge is 0.0622 e. The van der Waals surface area contributed by atoms with Crippen molar-refractivity contribution in [3.63, 3.8) is 0 Å². The third kappa shape index (κ3) is 5.53. The summed E-state index contributed by atoms with van der Waals surface area (Å²) in [5.41, 5.74) is 22.3. The van der Waals surface area contributed by atoms with Crippen LogP contribution in [0.4, 0.5) is 0 Å². The average Bonchev–Trinajstić information content (AvgIpc) is 3.85. The molecule has 0 saturated heterocycles. The number of hydrogen-bond donors (Lipinski definition) is 0. The van der Waals surface area contributed by atoms with Gasteiger partial charge in [-0.15, -0.1) is 0 Å². The highest BCUT2D eigenvalue weighted by atomic mass is 14.4. The molecule has 270 valence electrons. The molecule has 9 aromatic rings. The Morgan fingerprint density at radius 2 is 0.569 bits per heavy atom. The van der Waals surface area contributed by atoms with E-state index >= 15 is 0 Å². The van der Waals surface area contributed by atoms with Crippen LogP contribution in [0.1, 0.15) is 27.8 Å². The van der Waals surface area contributed by atoms with Gasteiger partial charge in [-0.05, 0) is 123 Å². The lowest BCUT2D eigenvalue weighted by Crippen LogP contribution is -2.02. The van der Waals surface area contributed by atoms with Gasteiger partial charge in [-0.3, -0.25) is 0 Å². The van der Waals surface area contributed by atoms with E-state index in [1.807, 2.05) is 0 Å². The van der Waals surface area contributed by atoms with E-state index in [0.29, 0.717) is 0 Å². The third-order valence-corrected chi connectivity index (χ3v) is 11.8. The Morgan fingerprint density at radius 3 is 1.07 bits per heavy atom. The van der Waals surface area contributed by atoms with Gasteiger partial charge in [0.15, 0.2) is 0 Å². The Bertz CT molecular complexity index is 3080. The van der Waals surface area contributed by atoms with E-state index < -0.39 is 0 Å². The summed E-state index contributed by atoms with van der Waals surface area (Å²) >= 11 is 0. The van der Waals surface area contributed by atoms with Crippen LogP contribution in [0.3, 0.4) is 0 Å². The van der Waals surface area contributed by atoms with Crippen LogP contribution in [0.15, 0.2) is 230 Å². The van der Waals surface area contributed by atoms with Crippen molar-refractivity contribution in [3.8, 4) is 44.5 Å². The molecule has 0 saturated carbocycles. The maximum absolute atomic E-state index is 2.53. The molecule has 11 rings (SSSR count). The summed E-state index contributed by atoms with van der Waals surface area (Å²) in [5.74, 6) is 0. The molecule has 0 bridgehead atoms. The van der Waals surface area contributed by atoms with Crippen molar-refractivity contribution in [2.75, 3.05) is 0 Å². The van der Waals surface area contributed by atoms with Gasteiger partial charge in [0.2, 0.25) is 0 Å². The number of fused-ring (bicyclic) bond motifs is 4. The zero-order valence-corrected chi connectivity index (χ0v) is 31.9. The Balaban J connectivity index is 1.39. The molecule has 0 N–H and O–H groups in total. The highest BCUT2D eigenvalue weighted by Gasteiger charge is 2.40. The number of hydrogen-bond acceptors (Lipinski definition) is 0. The molecule has 0 radical (unpaired) electrons. The quantitative estimate of drug-likeness (QED) is 0.153. The summed E-state index contributed by atoms with van der Waals surface area (Å²) in [6.45, 7) is 0. The molecule has 0 spiro atoms. The lowest BCUT2D eigenvalue weighted by atomic mass is 9.76. The van der Waals surface area contributed by atoms with Crippen LogP contribution in [-0.4, -0.2) is 0 Å². The van der Waals surface area contributed by atoms with Crippen molar-refractivity contribution in [3.05, 3.63) is 258 Å². The molecule has 2 aliphatic carbocycles. The Morgan fingerprint density at radius 1 is 0.207 bits per heavy atom. The summed E-state index contributed by atoms with van der Waals surface area (Å²) < 4.78 is 0. The molecular formula is C58H38. The average molecular weight is 735 g/mol. The van der Waals surface area contributed by atoms with Gasteiger partial charge in [-0.2, -0.15) is 0 Å². The number of rotatable bonds is 7. The van der Waals surface area contributed by atoms with Crippen LogP contribution in [-0.2, 0) is 0 Å². The number of allylic oxidation sites excluding steroid dienone is 5. The molecule has 0 fully saturated rings. The van der Waals surface area contributed by atoms with E-state index in [9.17, 15) is 0 Å². The molecule has 2 aliphatic rings. The van der Waals surface area contributed by atoms with Gasteiger partial charge in [0.1, 0.15) is 0 Å². The second-order valence-corrected chi connectivity index (χ2v) is 15.1. The summed E-state index contributed by atoms with van der Waals surface area (Å²) in [4.78, 5) is 0. The molecule has 0 aromatic heterocycles. The van der Waals surface area contributed by atoms with Gasteiger partial charge < -0.3 is 0 Å². The van der Waals surface area contributed by atoms with Gasteiger partial charge in [-0.25, -0.2) is 0 Å². The zero-order valence-electron chi connectivity index (χ0n) is 31.9. The van der Waals surface area contributed by atoms with Crippen LogP contribution in [0.25, 0.3) is 83.6 Å². The van der Waals surface area contributed by atoms with Crippen molar-refractivity contribution in [2.45, 2.75) is 0 Å². The smallest absolute Gasteiger partial charge is 0.000696 e. The van der Waals surface area contributed by atoms with Crippen LogP contribution in [0.5, 0.6) is 0 Å². The SMILES string of the molecule is C1=C2C(c3ccccc3)=C(c3ccccc3)C(c3ccc4ccccc4c3)=C2c2c1c(-c1ccccc1)c(-c1ccccc1)c(-c1ccccc1)c2-c1ccccc1. The monoisotopic (exact) mass is 734 g/mol. The van der Waals surface area contributed by atoms with E-state index in [1.165, 1.54) is 111 Å². The predicted octanol–water partition coefficient (Wildman–Crippen LogP) is 15.4. The highest BCUT2D eigenvalue weighted by molar-refractivity contribution is 6.39. The number of benzene rings is 9. The van der Waals surface area contributed by atoms with Crippen molar-refractivity contribution >= 4 is 39.1 Å². The molecule has 0 amide bonds. The normalized spacial score (nSPS) is 13.1. The molecule has 0 aliphatic heterocycles. The van der Waals surface area contributed by atoms with Gasteiger partial charge in [0, 0.05) is 0 Å². The van der Waals surface area contributed by atoms with Crippen molar-refractivity contribution in [1.82, 2.24) is 0 Å². The molecule has 0 atom stereocenters. The Kier molecular flexibility index (Phi) is 8.26. The summed E-state index contributed by atoms with van der Waals surface area (Å²) in [5, 5.41) is 2.47. The second-order valence-electron chi connectivity index (χ2n) is 15.1. The van der Waals surface area contributed by atoms with E-state index in [-0.39, 0.29) is 0 Å². The highest BCUT2D eigenvalue weighted by Crippen LogP contribution is 2.63. The predicted molar refractivity (Wildman–Crippen MR) is 247 cm³/mol. The van der Waals surface area contributed by atoms with E-state index in [1.54, 1.807) is 0 Å². The molecule has 0 unspecified atom stereocenters. The molecule has 0 heteroatoms. The van der Waals surface area contributed by atoms with E-state index in [2.05, 4.69) is 231 Å². The molecule has 58 heavy (non-hydrogen) atoms. The van der Waals surface area contributed by atoms with Gasteiger partial charge in [0.05, 0.1) is 0 Å². The maximum Gasteiger partial charge on any atom is -0.000696 e. The van der Waals surface area contributed by atoms with Crippen molar-refractivity contribution in [1.29, 1.82) is 0 Å². The van der Waals surface area contributed by atoms with Gasteiger partial charge in [-0.1, -0.05) is 218 Å². The fourth-order valence-corrected chi connectivity index (χ4v) is 9.38. The lowest BCUT2D eigenvalue weighted by Gasteiger charge is -2.26. The first-order chi connectivity index (χ1) is 28.8. The minimum absolute atomic E-state index is 1.19. The lowest BCUT2D eigenvalue weighted by molar-refractivity contribution is 1.51. The first kappa shape index (κ1) is 33.8. The minimum Gasteiger partial charge on any atom is -0.0622 e. The van der Waals surface area contributed by atoms with Crippen LogP contribution < -0.4 is 0 Å². The van der Waals surface area contributed by atoms with Crippen molar-refractivity contribution in [2.24, 2.45) is 0 Å². The van der Waals surface area contributed by atoms with Gasteiger partial charge >= 0.3 is 0 Å². The second kappa shape index (κ2) is 14.2. The van der Waals surface area contributed by atoms with Gasteiger partial charge in [0.25, 0.3) is 0 Å². The first-order valence-electron chi connectivity index (χ1n) is 20.1. The molecular weight excluding hydrogens is 697 g/mol. The fraction of sp³-hybridized carbons (Fsp3) is 0. The van der Waals surface area contributed by atoms with E-state index in [4.69, 9.17) is 0 Å². The fourth-order valence-electron chi connectivity index (χ4n) is 9.38. The maximum atomic E-state index is 2.53. The first-order valence-corrected chi connectivity index (χ1v) is 20.1. The molecule has 0 heterocycles. The topological polar surface area (TPSA) is 0 Å². The molecule has 9 aromatic carbocycles. The Hall–Kier alpha value is -7.54. The molecule has 0 nitrogen and oxygen atoms in total. The van der Waals surface area contributed by atoms with Crippen LogP contribution in [0, 0.1) is 0 Å². The standard InChI is InChI=1S/C58H38/c1-7-22-40(23-8-1)50-48-38-49-51(41-24-9-2-10-25-41)53(43-28-13-4-14-29-43)56(47-36-35-39-21-19-20-34-46(39)37-47)58(49)57(48)55(45-32-17-6-18-33-45)54(44-30-15-5-16-31-44)52(50)42-26-11-3-12-27-42/h1-38H. The summed E-state index contributed by atoms with van der Waals surface area (Å²) in [6.07, 6.45) is 2.53. The minimum atomic E-state index is 1.19. The van der Waals surface area contributed by atoms with Crippen LogP contribution >= 0.6 is 0 Å². The zero-order chi connectivity index (χ0) is 38.4. The third-order valence-electron chi connectivity index (χ3n) is 11.8. The summed E-state index contributed by atoms with van der Waals surface area (Å²) in [7, 11) is 0. The Labute approximate surface area is 340 Å². The van der Waals surface area contributed by atoms with Crippen LogP contribution in [0.2, 0.25) is 0 Å². The summed E-state index contributed by atoms with van der Waals surface area (Å²) in [6, 6.07) is 82.0. The van der Waals surface area contributed by atoms with Crippen molar-refractivity contribution < 1.29 is 0 Å². The van der Waals surface area contributed by atoms with E-state index in [0.717, 1.165) is 0 Å².